The number of carbonyl (C=O) groups excluding carboxylic acids is 1. The molecule has 0 aromatic heterocycles. The molecule has 0 atom stereocenters. The van der Waals surface area contributed by atoms with Crippen molar-refractivity contribution >= 4 is 23.6 Å². The lowest BCUT2D eigenvalue weighted by Crippen LogP contribution is -2.06. The van der Waals surface area contributed by atoms with Gasteiger partial charge in [0, 0.05) is 17.2 Å². The normalized spacial score (nSPS) is 14.4. The summed E-state index contributed by atoms with van der Waals surface area (Å²) in [5.41, 5.74) is 1.55. The third-order valence-corrected chi connectivity index (χ3v) is 4.25. The first-order chi connectivity index (χ1) is 13.9. The SMILES string of the molecule is COc1cc(/C=C2\N=C(c3ccc([N+](=O)[O-])c(C)c3)OC2=O)cc(OC)c1OC. The van der Waals surface area contributed by atoms with Gasteiger partial charge in [-0.05, 0) is 42.8 Å². The molecule has 0 bridgehead atoms. The summed E-state index contributed by atoms with van der Waals surface area (Å²) in [7, 11) is 4.48. The van der Waals surface area contributed by atoms with Gasteiger partial charge in [-0.15, -0.1) is 0 Å². The van der Waals surface area contributed by atoms with Crippen LogP contribution in [0.4, 0.5) is 5.69 Å². The standard InChI is InChI=1S/C20H18N2O7/c1-11-7-13(5-6-15(11)22(24)25)19-21-14(20(23)29-19)8-12-9-16(26-2)18(28-4)17(10-12)27-3/h5-10H,1-4H3/b14-8-. The van der Waals surface area contributed by atoms with Crippen LogP contribution in [-0.2, 0) is 9.53 Å². The van der Waals surface area contributed by atoms with Gasteiger partial charge in [0.15, 0.2) is 17.2 Å². The van der Waals surface area contributed by atoms with Crippen molar-refractivity contribution in [2.75, 3.05) is 21.3 Å². The van der Waals surface area contributed by atoms with E-state index < -0.39 is 10.9 Å². The van der Waals surface area contributed by atoms with Crippen molar-refractivity contribution in [2.24, 2.45) is 4.99 Å². The summed E-state index contributed by atoms with van der Waals surface area (Å²) in [6.07, 6.45) is 1.53. The number of methoxy groups -OCH3 is 3. The van der Waals surface area contributed by atoms with Gasteiger partial charge in [0.05, 0.1) is 26.3 Å². The Labute approximate surface area is 166 Å². The minimum Gasteiger partial charge on any atom is -0.493 e. The van der Waals surface area contributed by atoms with Crippen molar-refractivity contribution in [3.63, 3.8) is 0 Å². The van der Waals surface area contributed by atoms with Crippen LogP contribution in [0.25, 0.3) is 6.08 Å². The fourth-order valence-electron chi connectivity index (χ4n) is 2.87. The number of aliphatic imine (C=N–C) groups is 1. The summed E-state index contributed by atoms with van der Waals surface area (Å²) in [5.74, 6) is 0.730. The molecule has 1 aliphatic rings. The molecule has 0 saturated carbocycles. The molecule has 2 aromatic carbocycles. The minimum absolute atomic E-state index is 0.0214. The monoisotopic (exact) mass is 398 g/mol. The number of nitro benzene ring substituents is 1. The smallest absolute Gasteiger partial charge is 0.363 e. The largest absolute Gasteiger partial charge is 0.493 e. The molecule has 1 heterocycles. The van der Waals surface area contributed by atoms with Gasteiger partial charge >= 0.3 is 5.97 Å². The van der Waals surface area contributed by atoms with Crippen LogP contribution in [0.2, 0.25) is 0 Å². The Morgan fingerprint density at radius 3 is 2.24 bits per heavy atom. The summed E-state index contributed by atoms with van der Waals surface area (Å²) in [6.45, 7) is 1.60. The highest BCUT2D eigenvalue weighted by Gasteiger charge is 2.26. The highest BCUT2D eigenvalue weighted by atomic mass is 16.6. The second-order valence-corrected chi connectivity index (χ2v) is 6.05. The first-order valence-electron chi connectivity index (χ1n) is 8.46. The number of benzene rings is 2. The summed E-state index contributed by atoms with van der Waals surface area (Å²) >= 11 is 0. The predicted molar refractivity (Wildman–Crippen MR) is 105 cm³/mol. The van der Waals surface area contributed by atoms with Crippen molar-refractivity contribution in [1.29, 1.82) is 0 Å². The maximum atomic E-state index is 12.3. The second-order valence-electron chi connectivity index (χ2n) is 6.05. The molecule has 0 unspecified atom stereocenters. The second kappa shape index (κ2) is 8.01. The Kier molecular flexibility index (Phi) is 5.49. The van der Waals surface area contributed by atoms with E-state index >= 15 is 0 Å². The van der Waals surface area contributed by atoms with E-state index in [9.17, 15) is 14.9 Å². The van der Waals surface area contributed by atoms with Crippen molar-refractivity contribution in [2.45, 2.75) is 6.92 Å². The quantitative estimate of drug-likeness (QED) is 0.318. The molecule has 150 valence electrons. The van der Waals surface area contributed by atoms with Gasteiger partial charge in [-0.3, -0.25) is 10.1 Å². The Bertz CT molecular complexity index is 1030. The number of nitro groups is 1. The molecule has 0 spiro atoms. The van der Waals surface area contributed by atoms with E-state index in [1.165, 1.54) is 39.5 Å². The van der Waals surface area contributed by atoms with E-state index in [0.717, 1.165) is 0 Å². The maximum absolute atomic E-state index is 12.3. The first kappa shape index (κ1) is 19.9. The molecule has 29 heavy (non-hydrogen) atoms. The molecule has 0 saturated heterocycles. The molecule has 9 nitrogen and oxygen atoms in total. The number of aryl methyl sites for hydroxylation is 1. The first-order valence-corrected chi connectivity index (χ1v) is 8.46. The Balaban J connectivity index is 1.99. The molecule has 2 aromatic rings. The Morgan fingerprint density at radius 1 is 1.07 bits per heavy atom. The van der Waals surface area contributed by atoms with Crippen molar-refractivity contribution < 1.29 is 28.7 Å². The van der Waals surface area contributed by atoms with Crippen LogP contribution in [0.1, 0.15) is 16.7 Å². The maximum Gasteiger partial charge on any atom is 0.363 e. The van der Waals surface area contributed by atoms with Crippen LogP contribution in [0.3, 0.4) is 0 Å². The Morgan fingerprint density at radius 2 is 1.72 bits per heavy atom. The number of esters is 1. The average Bonchev–Trinajstić information content (AvgIpc) is 3.07. The highest BCUT2D eigenvalue weighted by Crippen LogP contribution is 2.39. The van der Waals surface area contributed by atoms with Gasteiger partial charge in [-0.1, -0.05) is 0 Å². The van der Waals surface area contributed by atoms with Crippen molar-refractivity contribution in [1.82, 2.24) is 0 Å². The third-order valence-electron chi connectivity index (χ3n) is 4.25. The van der Waals surface area contributed by atoms with Gasteiger partial charge < -0.3 is 18.9 Å². The molecule has 1 aliphatic heterocycles. The lowest BCUT2D eigenvalue weighted by molar-refractivity contribution is -0.385. The van der Waals surface area contributed by atoms with Crippen LogP contribution in [0.5, 0.6) is 17.2 Å². The molecule has 0 radical (unpaired) electrons. The van der Waals surface area contributed by atoms with Crippen LogP contribution in [0, 0.1) is 17.0 Å². The van der Waals surface area contributed by atoms with Crippen LogP contribution in [0.15, 0.2) is 41.0 Å². The van der Waals surface area contributed by atoms with E-state index in [4.69, 9.17) is 18.9 Å². The molecule has 0 N–H and O–H groups in total. The van der Waals surface area contributed by atoms with Crippen LogP contribution >= 0.6 is 0 Å². The van der Waals surface area contributed by atoms with E-state index in [0.29, 0.717) is 33.9 Å². The van der Waals surface area contributed by atoms with Gasteiger partial charge in [0.1, 0.15) is 0 Å². The molecular weight excluding hydrogens is 380 g/mol. The lowest BCUT2D eigenvalue weighted by atomic mass is 10.1. The van der Waals surface area contributed by atoms with Gasteiger partial charge in [-0.2, -0.15) is 0 Å². The molecule has 3 rings (SSSR count). The average molecular weight is 398 g/mol. The highest BCUT2D eigenvalue weighted by molar-refractivity contribution is 6.13. The minimum atomic E-state index is -0.634. The summed E-state index contributed by atoms with van der Waals surface area (Å²) in [5, 5.41) is 11.0. The number of rotatable bonds is 6. The number of cyclic esters (lactones) is 1. The van der Waals surface area contributed by atoms with E-state index in [2.05, 4.69) is 4.99 Å². The predicted octanol–water partition coefficient (Wildman–Crippen LogP) is 3.27. The molecule has 0 fully saturated rings. The molecule has 9 heteroatoms. The summed E-state index contributed by atoms with van der Waals surface area (Å²) in [4.78, 5) is 27.0. The fourth-order valence-corrected chi connectivity index (χ4v) is 2.87. The van der Waals surface area contributed by atoms with E-state index in [1.54, 1.807) is 25.1 Å². The summed E-state index contributed by atoms with van der Waals surface area (Å²) < 4.78 is 21.1. The van der Waals surface area contributed by atoms with Gasteiger partial charge in [0.2, 0.25) is 11.6 Å². The number of carbonyl (C=O) groups is 1. The van der Waals surface area contributed by atoms with Crippen LogP contribution in [-0.4, -0.2) is 38.1 Å². The zero-order valence-electron chi connectivity index (χ0n) is 16.2. The van der Waals surface area contributed by atoms with Crippen molar-refractivity contribution in [3.8, 4) is 17.2 Å². The number of ether oxygens (including phenoxy) is 4. The third kappa shape index (κ3) is 3.88. The zero-order valence-corrected chi connectivity index (χ0v) is 16.2. The lowest BCUT2D eigenvalue weighted by Gasteiger charge is -2.12. The number of nitrogens with zero attached hydrogens (tertiary/aromatic N) is 2. The molecule has 0 aliphatic carbocycles. The van der Waals surface area contributed by atoms with Crippen LogP contribution < -0.4 is 14.2 Å². The van der Waals surface area contributed by atoms with Gasteiger partial charge in [0.25, 0.3) is 5.69 Å². The van der Waals surface area contributed by atoms with Gasteiger partial charge in [-0.25, -0.2) is 9.79 Å². The molecular formula is C20H18N2O7. The molecule has 0 amide bonds. The fraction of sp³-hybridized carbons (Fsp3) is 0.200. The number of hydrogen-bond donors (Lipinski definition) is 0. The Hall–Kier alpha value is -3.88. The zero-order chi connectivity index (χ0) is 21.1. The topological polar surface area (TPSA) is 109 Å². The number of hydrogen-bond acceptors (Lipinski definition) is 8. The van der Waals surface area contributed by atoms with E-state index in [1.807, 2.05) is 0 Å². The summed E-state index contributed by atoms with van der Waals surface area (Å²) in [6, 6.07) is 7.73. The van der Waals surface area contributed by atoms with Crippen molar-refractivity contribution in [3.05, 3.63) is 62.8 Å². The van der Waals surface area contributed by atoms with E-state index in [-0.39, 0.29) is 17.3 Å².